The van der Waals surface area contributed by atoms with E-state index < -0.39 is 5.97 Å². The van der Waals surface area contributed by atoms with E-state index in [1.165, 1.54) is 18.2 Å². The molecule has 0 aliphatic rings. The molecule has 0 unspecified atom stereocenters. The summed E-state index contributed by atoms with van der Waals surface area (Å²) in [7, 11) is 0. The summed E-state index contributed by atoms with van der Waals surface area (Å²) in [5, 5.41) is 9.38. The van der Waals surface area contributed by atoms with E-state index in [0.29, 0.717) is 18.0 Å². The molecule has 144 valence electrons. The summed E-state index contributed by atoms with van der Waals surface area (Å²) in [6, 6.07) is 12.1. The van der Waals surface area contributed by atoms with Gasteiger partial charge in [0.15, 0.2) is 5.76 Å². The van der Waals surface area contributed by atoms with E-state index >= 15 is 0 Å². The van der Waals surface area contributed by atoms with Gasteiger partial charge in [-0.25, -0.2) is 4.79 Å². The van der Waals surface area contributed by atoms with Crippen molar-refractivity contribution in [1.82, 2.24) is 0 Å². The van der Waals surface area contributed by atoms with Gasteiger partial charge < -0.3 is 14.3 Å². The number of hydrogen-bond donors (Lipinski definition) is 1. The third-order valence-corrected chi connectivity index (χ3v) is 4.28. The Morgan fingerprint density at radius 1 is 1.18 bits per heavy atom. The highest BCUT2D eigenvalue weighted by Gasteiger charge is 2.16. The van der Waals surface area contributed by atoms with Crippen molar-refractivity contribution in [2.75, 3.05) is 6.61 Å². The molecule has 5 nitrogen and oxygen atoms in total. The van der Waals surface area contributed by atoms with Crippen LogP contribution < -0.4 is 10.2 Å². The second-order valence-corrected chi connectivity index (χ2v) is 7.04. The zero-order chi connectivity index (χ0) is 20.3. The number of carboxylic acid groups (broad SMARTS) is 1. The van der Waals surface area contributed by atoms with Crippen molar-refractivity contribution in [3.05, 3.63) is 75.1 Å². The van der Waals surface area contributed by atoms with E-state index in [4.69, 9.17) is 9.15 Å². The van der Waals surface area contributed by atoms with Gasteiger partial charge in [0.1, 0.15) is 5.58 Å². The molecule has 0 aliphatic heterocycles. The number of aromatic carboxylic acids is 1. The average Bonchev–Trinajstić information content (AvgIpc) is 2.66. The second-order valence-electron chi connectivity index (χ2n) is 7.04. The number of aryl methyl sites for hydroxylation is 1. The topological polar surface area (TPSA) is 76.7 Å². The van der Waals surface area contributed by atoms with Gasteiger partial charge in [-0.15, -0.1) is 0 Å². The number of carboxylic acids is 1. The lowest BCUT2D eigenvalue weighted by Crippen LogP contribution is -2.14. The molecule has 1 aromatic heterocycles. The molecule has 0 radical (unpaired) electrons. The first-order valence-electron chi connectivity index (χ1n) is 9.07. The molecular weight excluding hydrogens is 356 g/mol. The monoisotopic (exact) mass is 378 g/mol. The second kappa shape index (κ2) is 8.13. The highest BCUT2D eigenvalue weighted by atomic mass is 16.5. The van der Waals surface area contributed by atoms with Crippen LogP contribution >= 0.6 is 0 Å². The molecule has 0 aliphatic carbocycles. The molecule has 0 amide bonds. The maximum absolute atomic E-state index is 13.0. The van der Waals surface area contributed by atoms with Gasteiger partial charge in [-0.05, 0) is 48.2 Å². The van der Waals surface area contributed by atoms with E-state index in [9.17, 15) is 14.7 Å². The molecule has 3 aromatic rings. The minimum atomic E-state index is -1.10. The fraction of sp³-hybridized carbons (Fsp3) is 0.217. The lowest BCUT2D eigenvalue weighted by Gasteiger charge is -2.11. The number of carbonyl (C=O) groups is 1. The van der Waals surface area contributed by atoms with Crippen LogP contribution in [0.5, 0.6) is 5.75 Å². The Hall–Kier alpha value is -3.34. The maximum Gasteiger partial charge on any atom is 0.335 e. The van der Waals surface area contributed by atoms with Gasteiger partial charge >= 0.3 is 5.97 Å². The number of rotatable bonds is 6. The Balaban J connectivity index is 2.15. The number of fused-ring (bicyclic) bond motifs is 1. The van der Waals surface area contributed by atoms with Crippen molar-refractivity contribution in [3.63, 3.8) is 0 Å². The van der Waals surface area contributed by atoms with Gasteiger partial charge in [0.25, 0.3) is 0 Å². The van der Waals surface area contributed by atoms with Crippen LogP contribution in [0, 0.1) is 12.8 Å². The van der Waals surface area contributed by atoms with Crippen LogP contribution in [0.2, 0.25) is 0 Å². The van der Waals surface area contributed by atoms with Crippen LogP contribution in [0.15, 0.2) is 51.7 Å². The molecular formula is C23H22O5. The zero-order valence-electron chi connectivity index (χ0n) is 16.1. The molecule has 0 saturated carbocycles. The van der Waals surface area contributed by atoms with E-state index in [2.05, 4.69) is 0 Å². The minimum absolute atomic E-state index is 0.0258. The third kappa shape index (κ3) is 4.14. The molecule has 5 heteroatoms. The average molecular weight is 378 g/mol. The smallest absolute Gasteiger partial charge is 0.335 e. The van der Waals surface area contributed by atoms with Crippen LogP contribution in [-0.2, 0) is 0 Å². The highest BCUT2D eigenvalue weighted by molar-refractivity contribution is 5.93. The minimum Gasteiger partial charge on any atom is -0.486 e. The predicted molar refractivity (Wildman–Crippen MR) is 110 cm³/mol. The van der Waals surface area contributed by atoms with Crippen LogP contribution in [0.1, 0.15) is 41.1 Å². The molecule has 1 heterocycles. The highest BCUT2D eigenvalue weighted by Crippen LogP contribution is 2.25. The van der Waals surface area contributed by atoms with E-state index in [-0.39, 0.29) is 28.0 Å². The largest absolute Gasteiger partial charge is 0.486 e. The summed E-state index contributed by atoms with van der Waals surface area (Å²) in [5.74, 6) is -0.485. The van der Waals surface area contributed by atoms with Crippen molar-refractivity contribution >= 4 is 29.1 Å². The first-order chi connectivity index (χ1) is 13.4. The fourth-order valence-corrected chi connectivity index (χ4v) is 2.76. The van der Waals surface area contributed by atoms with Crippen LogP contribution in [0.4, 0.5) is 0 Å². The Morgan fingerprint density at radius 3 is 2.61 bits per heavy atom. The summed E-state index contributed by atoms with van der Waals surface area (Å²) < 4.78 is 11.6. The summed E-state index contributed by atoms with van der Waals surface area (Å²) in [6.45, 7) is 6.31. The standard InChI is InChI=1S/C23H22O5/c1-14(2)13-27-22-20(11-8-16-7-5-4-6-15(16)3)28-19-10-9-17(23(25)26)12-18(19)21(22)24/h4-12,14H,13H2,1-3H3,(H,25,26). The van der Waals surface area contributed by atoms with Crippen molar-refractivity contribution in [2.45, 2.75) is 20.8 Å². The van der Waals surface area contributed by atoms with E-state index in [1.807, 2.05) is 51.1 Å². The first-order valence-corrected chi connectivity index (χ1v) is 9.07. The van der Waals surface area contributed by atoms with Gasteiger partial charge in [0, 0.05) is 0 Å². The molecule has 3 rings (SSSR count). The van der Waals surface area contributed by atoms with Gasteiger partial charge in [-0.1, -0.05) is 44.2 Å². The molecule has 0 bridgehead atoms. The Kier molecular flexibility index (Phi) is 5.64. The molecule has 28 heavy (non-hydrogen) atoms. The zero-order valence-corrected chi connectivity index (χ0v) is 16.1. The van der Waals surface area contributed by atoms with Crippen molar-refractivity contribution in [3.8, 4) is 5.75 Å². The van der Waals surface area contributed by atoms with Gasteiger partial charge in [0.2, 0.25) is 11.2 Å². The predicted octanol–water partition coefficient (Wildman–Crippen LogP) is 5.00. The summed E-state index contributed by atoms with van der Waals surface area (Å²) in [6.07, 6.45) is 3.58. The molecule has 2 aromatic carbocycles. The lowest BCUT2D eigenvalue weighted by atomic mass is 10.1. The van der Waals surface area contributed by atoms with Crippen molar-refractivity contribution < 1.29 is 19.1 Å². The first kappa shape index (κ1) is 19.4. The fourth-order valence-electron chi connectivity index (χ4n) is 2.76. The number of benzene rings is 2. The van der Waals surface area contributed by atoms with Crippen LogP contribution in [-0.4, -0.2) is 17.7 Å². The maximum atomic E-state index is 13.0. The molecule has 0 fully saturated rings. The normalized spacial score (nSPS) is 11.4. The number of hydrogen-bond acceptors (Lipinski definition) is 4. The van der Waals surface area contributed by atoms with Crippen LogP contribution in [0.25, 0.3) is 23.1 Å². The van der Waals surface area contributed by atoms with E-state index in [1.54, 1.807) is 6.08 Å². The van der Waals surface area contributed by atoms with Gasteiger partial charge in [0.05, 0.1) is 17.6 Å². The lowest BCUT2D eigenvalue weighted by molar-refractivity contribution is 0.0697. The van der Waals surface area contributed by atoms with E-state index in [0.717, 1.165) is 11.1 Å². The van der Waals surface area contributed by atoms with Crippen LogP contribution in [0.3, 0.4) is 0 Å². The summed E-state index contributed by atoms with van der Waals surface area (Å²) in [4.78, 5) is 24.2. The molecule has 0 spiro atoms. The summed E-state index contributed by atoms with van der Waals surface area (Å²) >= 11 is 0. The third-order valence-electron chi connectivity index (χ3n) is 4.28. The van der Waals surface area contributed by atoms with Crippen molar-refractivity contribution in [2.24, 2.45) is 5.92 Å². The van der Waals surface area contributed by atoms with Crippen molar-refractivity contribution in [1.29, 1.82) is 0 Å². The Labute approximate surface area is 162 Å². The molecule has 1 N–H and O–H groups in total. The van der Waals surface area contributed by atoms with Gasteiger partial charge in [-0.2, -0.15) is 0 Å². The van der Waals surface area contributed by atoms with Gasteiger partial charge in [-0.3, -0.25) is 4.79 Å². The molecule has 0 atom stereocenters. The Bertz CT molecular complexity index is 1110. The SMILES string of the molecule is Cc1ccccc1C=Cc1oc2ccc(C(=O)O)cc2c(=O)c1OCC(C)C. The Morgan fingerprint density at radius 2 is 1.93 bits per heavy atom. The summed E-state index contributed by atoms with van der Waals surface area (Å²) in [5.41, 5.74) is 2.06. The molecule has 0 saturated heterocycles. The quantitative estimate of drug-likeness (QED) is 0.653. The number of ether oxygens (including phenoxy) is 1.